The SMILES string of the molecule is C=C/C=C/C(C(C)=O)N(C)C. The predicted molar refractivity (Wildman–Crippen MR) is 47.5 cm³/mol. The zero-order valence-corrected chi connectivity index (χ0v) is 7.37. The molecule has 0 aliphatic heterocycles. The van der Waals surface area contributed by atoms with Crippen LogP contribution in [0.5, 0.6) is 0 Å². The lowest BCUT2D eigenvalue weighted by Gasteiger charge is -2.17. The number of likely N-dealkylation sites (N-methyl/N-ethyl adjacent to an activating group) is 1. The molecule has 0 spiro atoms. The molecule has 0 aliphatic carbocycles. The molecule has 11 heavy (non-hydrogen) atoms. The lowest BCUT2D eigenvalue weighted by molar-refractivity contribution is -0.119. The minimum absolute atomic E-state index is 0.118. The van der Waals surface area contributed by atoms with Gasteiger partial charge >= 0.3 is 0 Å². The van der Waals surface area contributed by atoms with Crippen molar-refractivity contribution in [1.82, 2.24) is 4.90 Å². The molecule has 0 saturated carbocycles. The van der Waals surface area contributed by atoms with Gasteiger partial charge in [-0.15, -0.1) is 0 Å². The number of ketones is 1. The van der Waals surface area contributed by atoms with E-state index in [1.807, 2.05) is 25.1 Å². The van der Waals surface area contributed by atoms with Crippen LogP contribution in [-0.2, 0) is 4.79 Å². The van der Waals surface area contributed by atoms with Crippen LogP contribution in [0.15, 0.2) is 24.8 Å². The van der Waals surface area contributed by atoms with E-state index in [4.69, 9.17) is 0 Å². The average Bonchev–Trinajstić information content (AvgIpc) is 1.87. The third-order valence-electron chi connectivity index (χ3n) is 1.40. The first-order valence-corrected chi connectivity index (χ1v) is 3.55. The van der Waals surface area contributed by atoms with E-state index in [1.54, 1.807) is 19.1 Å². The van der Waals surface area contributed by atoms with Crippen LogP contribution in [0, 0.1) is 0 Å². The highest BCUT2D eigenvalue weighted by Crippen LogP contribution is 1.96. The van der Waals surface area contributed by atoms with Crippen molar-refractivity contribution in [3.8, 4) is 0 Å². The Morgan fingerprint density at radius 2 is 2.09 bits per heavy atom. The number of hydrogen-bond acceptors (Lipinski definition) is 2. The largest absolute Gasteiger partial charge is 0.298 e. The van der Waals surface area contributed by atoms with E-state index in [1.165, 1.54) is 0 Å². The third-order valence-corrected chi connectivity index (χ3v) is 1.40. The standard InChI is InChI=1S/C9H15NO/c1-5-6-7-9(8(2)11)10(3)4/h5-7,9H,1H2,2-4H3/b7-6+. The Kier molecular flexibility index (Phi) is 4.46. The minimum Gasteiger partial charge on any atom is -0.298 e. The van der Waals surface area contributed by atoms with Crippen LogP contribution in [0.2, 0.25) is 0 Å². The second-order valence-corrected chi connectivity index (χ2v) is 2.64. The molecule has 0 amide bonds. The van der Waals surface area contributed by atoms with Crippen molar-refractivity contribution in [3.63, 3.8) is 0 Å². The Balaban J connectivity index is 4.22. The number of allylic oxidation sites excluding steroid dienone is 2. The van der Waals surface area contributed by atoms with E-state index < -0.39 is 0 Å². The highest BCUT2D eigenvalue weighted by molar-refractivity contribution is 5.83. The first kappa shape index (κ1) is 10.1. The molecule has 62 valence electrons. The molecule has 0 rings (SSSR count). The van der Waals surface area contributed by atoms with E-state index in [9.17, 15) is 4.79 Å². The Bertz CT molecular complexity index is 170. The summed E-state index contributed by atoms with van der Waals surface area (Å²) in [6.07, 6.45) is 5.28. The van der Waals surface area contributed by atoms with Crippen LogP contribution in [0.4, 0.5) is 0 Å². The van der Waals surface area contributed by atoms with E-state index in [-0.39, 0.29) is 11.8 Å². The molecule has 0 aliphatic rings. The van der Waals surface area contributed by atoms with Crippen molar-refractivity contribution in [2.24, 2.45) is 0 Å². The normalized spacial score (nSPS) is 13.8. The van der Waals surface area contributed by atoms with Gasteiger partial charge in [-0.2, -0.15) is 0 Å². The van der Waals surface area contributed by atoms with Gasteiger partial charge in [0.2, 0.25) is 0 Å². The van der Waals surface area contributed by atoms with Crippen LogP contribution >= 0.6 is 0 Å². The molecule has 0 fully saturated rings. The second kappa shape index (κ2) is 4.85. The third kappa shape index (κ3) is 3.73. The molecule has 1 atom stereocenters. The summed E-state index contributed by atoms with van der Waals surface area (Å²) in [5.74, 6) is 0.146. The summed E-state index contributed by atoms with van der Waals surface area (Å²) in [7, 11) is 3.75. The summed E-state index contributed by atoms with van der Waals surface area (Å²) < 4.78 is 0. The molecule has 2 heteroatoms. The number of nitrogens with zero attached hydrogens (tertiary/aromatic N) is 1. The number of carbonyl (C=O) groups is 1. The molecule has 0 aromatic carbocycles. The van der Waals surface area contributed by atoms with Crippen LogP contribution in [0.25, 0.3) is 0 Å². The highest BCUT2D eigenvalue weighted by Gasteiger charge is 2.11. The van der Waals surface area contributed by atoms with E-state index >= 15 is 0 Å². The first-order chi connectivity index (χ1) is 5.09. The molecule has 0 radical (unpaired) electrons. The number of rotatable bonds is 4. The molecule has 1 unspecified atom stereocenters. The maximum Gasteiger partial charge on any atom is 0.150 e. The minimum atomic E-state index is -0.118. The molecule has 0 aromatic heterocycles. The fourth-order valence-electron chi connectivity index (χ4n) is 0.855. The fourth-order valence-corrected chi connectivity index (χ4v) is 0.855. The van der Waals surface area contributed by atoms with Gasteiger partial charge in [-0.1, -0.05) is 24.8 Å². The van der Waals surface area contributed by atoms with E-state index in [0.29, 0.717) is 0 Å². The molecule has 0 bridgehead atoms. The number of hydrogen-bond donors (Lipinski definition) is 0. The Morgan fingerprint density at radius 3 is 2.36 bits per heavy atom. The fraction of sp³-hybridized carbons (Fsp3) is 0.444. The molecule has 0 N–H and O–H groups in total. The van der Waals surface area contributed by atoms with Crippen molar-refractivity contribution in [2.45, 2.75) is 13.0 Å². The highest BCUT2D eigenvalue weighted by atomic mass is 16.1. The summed E-state index contributed by atoms with van der Waals surface area (Å²) >= 11 is 0. The van der Waals surface area contributed by atoms with Crippen LogP contribution < -0.4 is 0 Å². The van der Waals surface area contributed by atoms with Crippen molar-refractivity contribution in [3.05, 3.63) is 24.8 Å². The zero-order valence-electron chi connectivity index (χ0n) is 7.37. The van der Waals surface area contributed by atoms with Crippen LogP contribution in [0.1, 0.15) is 6.92 Å². The van der Waals surface area contributed by atoms with Gasteiger partial charge in [0.05, 0.1) is 6.04 Å². The van der Waals surface area contributed by atoms with Gasteiger partial charge in [-0.3, -0.25) is 9.69 Å². The van der Waals surface area contributed by atoms with Crippen molar-refractivity contribution in [1.29, 1.82) is 0 Å². The summed E-state index contributed by atoms with van der Waals surface area (Å²) in [6, 6.07) is -0.118. The summed E-state index contributed by atoms with van der Waals surface area (Å²) in [6.45, 7) is 5.12. The van der Waals surface area contributed by atoms with Crippen molar-refractivity contribution < 1.29 is 4.79 Å². The maximum atomic E-state index is 11.0. The van der Waals surface area contributed by atoms with Gasteiger partial charge < -0.3 is 0 Å². The molecule has 0 heterocycles. The van der Waals surface area contributed by atoms with E-state index in [0.717, 1.165) is 0 Å². The van der Waals surface area contributed by atoms with Gasteiger partial charge in [-0.25, -0.2) is 0 Å². The van der Waals surface area contributed by atoms with Crippen molar-refractivity contribution in [2.75, 3.05) is 14.1 Å². The van der Waals surface area contributed by atoms with Gasteiger partial charge in [0, 0.05) is 0 Å². The van der Waals surface area contributed by atoms with Gasteiger partial charge in [-0.05, 0) is 21.0 Å². The van der Waals surface area contributed by atoms with Gasteiger partial charge in [0.1, 0.15) is 0 Å². The first-order valence-electron chi connectivity index (χ1n) is 3.55. The van der Waals surface area contributed by atoms with Crippen molar-refractivity contribution >= 4 is 5.78 Å². The second-order valence-electron chi connectivity index (χ2n) is 2.64. The molecule has 2 nitrogen and oxygen atoms in total. The molecular weight excluding hydrogens is 138 g/mol. The molecule has 0 aromatic rings. The number of carbonyl (C=O) groups excluding carboxylic acids is 1. The quantitative estimate of drug-likeness (QED) is 0.566. The monoisotopic (exact) mass is 153 g/mol. The lowest BCUT2D eigenvalue weighted by atomic mass is 10.2. The maximum absolute atomic E-state index is 11.0. The molecule has 0 saturated heterocycles. The Hall–Kier alpha value is -0.890. The Morgan fingerprint density at radius 1 is 1.55 bits per heavy atom. The van der Waals surface area contributed by atoms with Crippen LogP contribution in [0.3, 0.4) is 0 Å². The van der Waals surface area contributed by atoms with Gasteiger partial charge in [0.15, 0.2) is 5.78 Å². The van der Waals surface area contributed by atoms with E-state index in [2.05, 4.69) is 6.58 Å². The average molecular weight is 153 g/mol. The molecular formula is C9H15NO. The Labute approximate surface area is 68.2 Å². The summed E-state index contributed by atoms with van der Waals surface area (Å²) in [5, 5.41) is 0. The topological polar surface area (TPSA) is 20.3 Å². The smallest absolute Gasteiger partial charge is 0.150 e. The zero-order chi connectivity index (χ0) is 8.85. The van der Waals surface area contributed by atoms with Crippen LogP contribution in [-0.4, -0.2) is 30.8 Å². The summed E-state index contributed by atoms with van der Waals surface area (Å²) in [5.41, 5.74) is 0. The lowest BCUT2D eigenvalue weighted by Crippen LogP contribution is -2.32. The van der Waals surface area contributed by atoms with Gasteiger partial charge in [0.25, 0.3) is 0 Å². The number of Topliss-reactive ketones (excluding diaryl/α,β-unsaturated/α-hetero) is 1. The summed E-state index contributed by atoms with van der Waals surface area (Å²) in [4.78, 5) is 12.8. The predicted octanol–water partition coefficient (Wildman–Crippen LogP) is 1.25.